The average molecular weight is 407 g/mol. The van der Waals surface area contributed by atoms with Crippen LogP contribution in [-0.2, 0) is 14.8 Å². The highest BCUT2D eigenvalue weighted by molar-refractivity contribution is 7.89. The van der Waals surface area contributed by atoms with Crippen molar-refractivity contribution in [3.05, 3.63) is 66.2 Å². The zero-order chi connectivity index (χ0) is 19.4. The Bertz CT molecular complexity index is 954. The van der Waals surface area contributed by atoms with Gasteiger partial charge in [-0.1, -0.05) is 36.4 Å². The van der Waals surface area contributed by atoms with Crippen molar-refractivity contribution >= 4 is 33.3 Å². The number of piperazine rings is 1. The van der Waals surface area contributed by atoms with Gasteiger partial charge in [0.05, 0.1) is 15.6 Å². The molecular weight excluding hydrogens is 388 g/mol. The normalized spacial score (nSPS) is 15.4. The molecule has 0 N–H and O–H groups in total. The molecule has 27 heavy (non-hydrogen) atoms. The van der Waals surface area contributed by atoms with E-state index in [0.717, 1.165) is 11.8 Å². The predicted molar refractivity (Wildman–Crippen MR) is 105 cm³/mol. The minimum atomic E-state index is -3.69. The van der Waals surface area contributed by atoms with Crippen LogP contribution in [0.5, 0.6) is 5.75 Å². The van der Waals surface area contributed by atoms with Crippen molar-refractivity contribution in [3.63, 3.8) is 0 Å². The fraction of sp³-hybridized carbons (Fsp3) is 0.211. The van der Waals surface area contributed by atoms with Gasteiger partial charge in [0.1, 0.15) is 5.75 Å². The number of esters is 1. The molecule has 2 aromatic carbocycles. The molecule has 0 radical (unpaired) electrons. The number of nitrogens with zero attached hydrogens (tertiary/aromatic N) is 2. The lowest BCUT2D eigenvalue weighted by Gasteiger charge is -2.35. The fourth-order valence-electron chi connectivity index (χ4n) is 2.88. The molecule has 1 aliphatic heterocycles. The van der Waals surface area contributed by atoms with Crippen LogP contribution in [0, 0.1) is 0 Å². The van der Waals surface area contributed by atoms with Crippen LogP contribution >= 0.6 is 11.6 Å². The smallest absolute Gasteiger partial charge is 0.335 e. The summed E-state index contributed by atoms with van der Waals surface area (Å²) in [5.41, 5.74) is 0.898. The van der Waals surface area contributed by atoms with E-state index >= 15 is 0 Å². The molecule has 0 aliphatic carbocycles. The van der Waals surface area contributed by atoms with Crippen LogP contribution < -0.4 is 9.64 Å². The molecule has 0 unspecified atom stereocenters. The second-order valence-electron chi connectivity index (χ2n) is 5.94. The quantitative estimate of drug-likeness (QED) is 0.434. The Kier molecular flexibility index (Phi) is 5.84. The van der Waals surface area contributed by atoms with E-state index in [1.54, 1.807) is 6.07 Å². The summed E-state index contributed by atoms with van der Waals surface area (Å²) in [4.78, 5) is 13.5. The van der Waals surface area contributed by atoms with Crippen molar-refractivity contribution in [2.75, 3.05) is 31.1 Å². The predicted octanol–water partition coefficient (Wildman–Crippen LogP) is 2.94. The Morgan fingerprint density at radius 1 is 1.07 bits per heavy atom. The van der Waals surface area contributed by atoms with Gasteiger partial charge >= 0.3 is 5.97 Å². The minimum Gasteiger partial charge on any atom is -0.423 e. The van der Waals surface area contributed by atoms with Crippen molar-refractivity contribution in [1.29, 1.82) is 0 Å². The van der Waals surface area contributed by atoms with E-state index in [0.29, 0.717) is 31.2 Å². The van der Waals surface area contributed by atoms with Gasteiger partial charge in [-0.15, -0.1) is 0 Å². The summed E-state index contributed by atoms with van der Waals surface area (Å²) in [6.07, 6.45) is 1.02. The molecule has 0 amide bonds. The van der Waals surface area contributed by atoms with Gasteiger partial charge in [0, 0.05) is 38.3 Å². The maximum absolute atomic E-state index is 12.9. The number of carbonyl (C=O) groups excluding carboxylic acids is 1. The van der Waals surface area contributed by atoms with Crippen LogP contribution in [0.15, 0.2) is 66.1 Å². The SMILES string of the molecule is C=CC(=O)Oc1cccc(S(=O)(=O)N2CCN(c3ccccc3Cl)CC2)c1. The number of benzene rings is 2. The van der Waals surface area contributed by atoms with Gasteiger partial charge in [-0.05, 0) is 24.3 Å². The number of sulfonamides is 1. The number of carbonyl (C=O) groups is 1. The first kappa shape index (κ1) is 19.4. The highest BCUT2D eigenvalue weighted by Crippen LogP contribution is 2.28. The number of ether oxygens (including phenoxy) is 1. The molecular formula is C19H19ClN2O4S. The number of para-hydroxylation sites is 1. The summed E-state index contributed by atoms with van der Waals surface area (Å²) >= 11 is 6.23. The zero-order valence-electron chi connectivity index (χ0n) is 14.5. The van der Waals surface area contributed by atoms with Crippen molar-refractivity contribution < 1.29 is 17.9 Å². The molecule has 3 rings (SSSR count). The van der Waals surface area contributed by atoms with Crippen molar-refractivity contribution in [2.24, 2.45) is 0 Å². The van der Waals surface area contributed by atoms with E-state index < -0.39 is 16.0 Å². The van der Waals surface area contributed by atoms with Gasteiger partial charge in [-0.3, -0.25) is 0 Å². The molecule has 1 fully saturated rings. The third-order valence-electron chi connectivity index (χ3n) is 4.26. The Balaban J connectivity index is 1.73. The summed E-state index contributed by atoms with van der Waals surface area (Å²) in [6.45, 7) is 5.07. The molecule has 2 aromatic rings. The van der Waals surface area contributed by atoms with Gasteiger partial charge in [0.25, 0.3) is 0 Å². The van der Waals surface area contributed by atoms with E-state index in [1.165, 1.54) is 22.5 Å². The maximum atomic E-state index is 12.9. The fourth-order valence-corrected chi connectivity index (χ4v) is 4.60. The van der Waals surface area contributed by atoms with Crippen LogP contribution in [-0.4, -0.2) is 44.9 Å². The Morgan fingerprint density at radius 2 is 1.78 bits per heavy atom. The van der Waals surface area contributed by atoms with Crippen LogP contribution in [0.4, 0.5) is 5.69 Å². The lowest BCUT2D eigenvalue weighted by molar-refractivity contribution is -0.128. The molecule has 0 atom stereocenters. The first-order valence-corrected chi connectivity index (χ1v) is 10.2. The molecule has 0 saturated carbocycles. The number of hydrogen-bond donors (Lipinski definition) is 0. The Hall–Kier alpha value is -2.35. The second-order valence-corrected chi connectivity index (χ2v) is 8.29. The third kappa shape index (κ3) is 4.32. The Labute approximate surface area is 163 Å². The van der Waals surface area contributed by atoms with Gasteiger partial charge in [0.2, 0.25) is 10.0 Å². The summed E-state index contributed by atoms with van der Waals surface area (Å²) in [5, 5.41) is 0.644. The van der Waals surface area contributed by atoms with Crippen LogP contribution in [0.3, 0.4) is 0 Å². The molecule has 142 valence electrons. The average Bonchev–Trinajstić information content (AvgIpc) is 2.68. The number of hydrogen-bond acceptors (Lipinski definition) is 5. The summed E-state index contributed by atoms with van der Waals surface area (Å²) in [6, 6.07) is 13.4. The number of rotatable bonds is 5. The van der Waals surface area contributed by atoms with E-state index in [2.05, 4.69) is 11.5 Å². The monoisotopic (exact) mass is 406 g/mol. The van der Waals surface area contributed by atoms with Crippen molar-refractivity contribution in [3.8, 4) is 5.75 Å². The highest BCUT2D eigenvalue weighted by atomic mass is 35.5. The van der Waals surface area contributed by atoms with Crippen LogP contribution in [0.25, 0.3) is 0 Å². The number of anilines is 1. The summed E-state index contributed by atoms with van der Waals surface area (Å²) in [7, 11) is -3.69. The molecule has 1 aliphatic rings. The summed E-state index contributed by atoms with van der Waals surface area (Å²) in [5.74, 6) is -0.478. The van der Waals surface area contributed by atoms with E-state index in [1.807, 2.05) is 24.3 Å². The molecule has 1 saturated heterocycles. The molecule has 0 spiro atoms. The lowest BCUT2D eigenvalue weighted by Crippen LogP contribution is -2.48. The zero-order valence-corrected chi connectivity index (χ0v) is 16.1. The largest absolute Gasteiger partial charge is 0.423 e. The molecule has 0 bridgehead atoms. The minimum absolute atomic E-state index is 0.0862. The van der Waals surface area contributed by atoms with Crippen molar-refractivity contribution in [2.45, 2.75) is 4.90 Å². The standard InChI is InChI=1S/C19H19ClN2O4S/c1-2-19(23)26-15-6-5-7-16(14-15)27(24,25)22-12-10-21(11-13-22)18-9-4-3-8-17(18)20/h2-9,14H,1,10-13H2. The topological polar surface area (TPSA) is 66.9 Å². The van der Waals surface area contributed by atoms with E-state index in [9.17, 15) is 13.2 Å². The van der Waals surface area contributed by atoms with Gasteiger partial charge in [-0.25, -0.2) is 13.2 Å². The highest BCUT2D eigenvalue weighted by Gasteiger charge is 2.29. The number of halogens is 1. The molecule has 1 heterocycles. The van der Waals surface area contributed by atoms with E-state index in [4.69, 9.17) is 16.3 Å². The Morgan fingerprint density at radius 3 is 2.44 bits per heavy atom. The molecule has 8 heteroatoms. The summed E-state index contributed by atoms with van der Waals surface area (Å²) < 4.78 is 32.3. The van der Waals surface area contributed by atoms with Crippen molar-refractivity contribution in [1.82, 2.24) is 4.31 Å². The van der Waals surface area contributed by atoms with Crippen LogP contribution in [0.2, 0.25) is 5.02 Å². The van der Waals surface area contributed by atoms with Gasteiger partial charge in [0.15, 0.2) is 0 Å². The molecule has 6 nitrogen and oxygen atoms in total. The van der Waals surface area contributed by atoms with Gasteiger partial charge in [-0.2, -0.15) is 4.31 Å². The van der Waals surface area contributed by atoms with Gasteiger partial charge < -0.3 is 9.64 Å². The maximum Gasteiger partial charge on any atom is 0.335 e. The first-order chi connectivity index (χ1) is 12.9. The third-order valence-corrected chi connectivity index (χ3v) is 6.47. The van der Waals surface area contributed by atoms with E-state index in [-0.39, 0.29) is 10.6 Å². The second kappa shape index (κ2) is 8.12. The lowest BCUT2D eigenvalue weighted by atomic mass is 10.2. The van der Waals surface area contributed by atoms with Crippen LogP contribution in [0.1, 0.15) is 0 Å². The first-order valence-electron chi connectivity index (χ1n) is 8.36. The molecule has 0 aromatic heterocycles.